The molecule has 0 rings (SSSR count). The fourth-order valence-corrected chi connectivity index (χ4v) is 9.01. The van der Waals surface area contributed by atoms with Crippen LogP contribution in [0.4, 0.5) is 0 Å². The fraction of sp³-hybridized carbons (Fsp3) is 0.803. The predicted octanol–water partition coefficient (Wildman–Crippen LogP) is 17.3. The summed E-state index contributed by atoms with van der Waals surface area (Å²) in [6, 6.07) is -0.898. The number of phosphoric acid groups is 1. The summed E-state index contributed by atoms with van der Waals surface area (Å²) in [6.07, 6.45) is 63.3. The highest BCUT2D eigenvalue weighted by molar-refractivity contribution is 7.45. The highest BCUT2D eigenvalue weighted by Gasteiger charge is 2.27. The van der Waals surface area contributed by atoms with Gasteiger partial charge in [-0.15, -0.1) is 0 Å². The van der Waals surface area contributed by atoms with Crippen molar-refractivity contribution >= 4 is 19.7 Å². The molecule has 0 saturated carbocycles. The topological polar surface area (TPSA) is 114 Å². The van der Waals surface area contributed by atoms with Gasteiger partial charge in [-0.1, -0.05) is 217 Å². The second kappa shape index (κ2) is 51.2. The summed E-state index contributed by atoms with van der Waals surface area (Å²) in [5, 5.41) is 3.01. The second-order valence-corrected chi connectivity index (χ2v) is 22.6. The molecule has 0 saturated heterocycles. The summed E-state index contributed by atoms with van der Waals surface area (Å²) in [7, 11) is 1.17. The summed E-state index contributed by atoms with van der Waals surface area (Å²) < 4.78 is 30.2. The van der Waals surface area contributed by atoms with E-state index in [0.29, 0.717) is 23.9 Å². The Kier molecular flexibility index (Phi) is 49.6. The van der Waals surface area contributed by atoms with E-state index in [0.717, 1.165) is 89.9 Å². The highest BCUT2D eigenvalue weighted by Crippen LogP contribution is 2.38. The third kappa shape index (κ3) is 52.4. The number of esters is 1. The minimum Gasteiger partial charge on any atom is -0.756 e. The van der Waals surface area contributed by atoms with E-state index in [9.17, 15) is 19.0 Å². The summed E-state index contributed by atoms with van der Waals surface area (Å²) in [4.78, 5) is 39.8. The summed E-state index contributed by atoms with van der Waals surface area (Å²) in [6.45, 7) is 6.78. The normalized spacial score (nSPS) is 14.2. The van der Waals surface area contributed by atoms with Gasteiger partial charge in [-0.3, -0.25) is 14.2 Å². The molecule has 0 spiro atoms. The molecule has 1 amide bonds. The van der Waals surface area contributed by atoms with Crippen LogP contribution in [0.5, 0.6) is 0 Å². The van der Waals surface area contributed by atoms with Crippen molar-refractivity contribution in [1.82, 2.24) is 5.32 Å². The Morgan fingerprint density at radius 1 is 0.493 bits per heavy atom. The maximum absolute atomic E-state index is 13.5. The van der Waals surface area contributed by atoms with Crippen LogP contribution in [-0.2, 0) is 27.9 Å². The Hall–Kier alpha value is -2.29. The largest absolute Gasteiger partial charge is 0.756 e. The van der Waals surface area contributed by atoms with Crippen molar-refractivity contribution in [1.29, 1.82) is 0 Å². The number of hydrogen-bond acceptors (Lipinski definition) is 7. The number of carbonyl (C=O) groups is 2. The third-order valence-corrected chi connectivity index (χ3v) is 13.9. The molecule has 0 radical (unpaired) electrons. The monoisotopic (exact) mass is 1020 g/mol. The van der Waals surface area contributed by atoms with Crippen LogP contribution >= 0.6 is 7.82 Å². The molecule has 9 nitrogen and oxygen atoms in total. The Morgan fingerprint density at radius 3 is 1.34 bits per heavy atom. The molecule has 71 heavy (non-hydrogen) atoms. The minimum absolute atomic E-state index is 0.0273. The maximum atomic E-state index is 13.5. The number of ether oxygens (including phenoxy) is 1. The standard InChI is InChI=1S/C61H113N2O7P/c1-7-10-13-16-19-22-25-27-28-29-30-31-32-33-34-36-39-42-45-48-51-54-61(65)70-59(52-49-46-43-40-37-24-21-18-15-12-9-3)58(57-69-71(66,67)68-56-55-63(4,5)6)62-60(64)53-50-47-44-41-38-35-26-23-20-17-14-11-8-2/h19,22,27-28,30-31,35,38,49,52,58-59H,7-18,20-21,23-26,29,32-34,36-37,39-48,50-51,53-57H2,1-6H3,(H-,62,64,66,67)/b22-19-,28-27-,31-30-,38-35-,52-49-. The number of nitrogens with one attached hydrogen (secondary N) is 1. The molecule has 414 valence electrons. The first-order valence-electron chi connectivity index (χ1n) is 29.6. The number of carbonyl (C=O) groups excluding carboxylic acids is 2. The average molecular weight is 1020 g/mol. The molecular weight excluding hydrogens is 904 g/mol. The minimum atomic E-state index is -4.70. The van der Waals surface area contributed by atoms with Crippen molar-refractivity contribution in [2.45, 2.75) is 277 Å². The van der Waals surface area contributed by atoms with Crippen LogP contribution < -0.4 is 10.2 Å². The van der Waals surface area contributed by atoms with Crippen molar-refractivity contribution < 1.29 is 37.3 Å². The van der Waals surface area contributed by atoms with Gasteiger partial charge in [0.25, 0.3) is 7.82 Å². The van der Waals surface area contributed by atoms with Gasteiger partial charge in [-0.05, 0) is 96.0 Å². The quantitative estimate of drug-likeness (QED) is 0.0212. The number of amides is 1. The molecule has 1 N–H and O–H groups in total. The Balaban J connectivity index is 5.25. The van der Waals surface area contributed by atoms with Crippen LogP contribution in [0.2, 0.25) is 0 Å². The van der Waals surface area contributed by atoms with Crippen molar-refractivity contribution in [3.8, 4) is 0 Å². The molecule has 10 heteroatoms. The molecule has 0 aliphatic carbocycles. The number of hydrogen-bond donors (Lipinski definition) is 1. The van der Waals surface area contributed by atoms with E-state index >= 15 is 0 Å². The molecule has 0 aliphatic heterocycles. The SMILES string of the molecule is CCCCC/C=C\C/C=C\C/C=C\CCCCCCCCCCC(=O)OC(/C=C\CCCCCCCCCCC)C(COP(=O)([O-])OCC[N+](C)(C)C)NC(=O)CCCCC/C=C\CCCCCCCC. The zero-order valence-electron chi connectivity index (χ0n) is 47.2. The summed E-state index contributed by atoms with van der Waals surface area (Å²) in [5.74, 6) is -0.567. The zero-order valence-corrected chi connectivity index (χ0v) is 48.1. The summed E-state index contributed by atoms with van der Waals surface area (Å²) in [5.41, 5.74) is 0. The molecule has 0 fully saturated rings. The van der Waals surface area contributed by atoms with E-state index in [1.54, 1.807) is 0 Å². The predicted molar refractivity (Wildman–Crippen MR) is 302 cm³/mol. The number of likely N-dealkylation sites (N-methyl/N-ethyl adjacent to an activating group) is 1. The van der Waals surface area contributed by atoms with E-state index in [1.807, 2.05) is 33.3 Å². The smallest absolute Gasteiger partial charge is 0.306 e. The number of rotatable bonds is 53. The van der Waals surface area contributed by atoms with Crippen molar-refractivity contribution in [3.63, 3.8) is 0 Å². The van der Waals surface area contributed by atoms with E-state index < -0.39 is 26.6 Å². The van der Waals surface area contributed by atoms with Gasteiger partial charge in [0, 0.05) is 12.8 Å². The van der Waals surface area contributed by atoms with Gasteiger partial charge in [-0.25, -0.2) is 0 Å². The Bertz CT molecular complexity index is 1400. The first-order chi connectivity index (χ1) is 34.4. The van der Waals surface area contributed by atoms with Gasteiger partial charge in [0.2, 0.25) is 5.91 Å². The van der Waals surface area contributed by atoms with Crippen LogP contribution in [0.1, 0.15) is 265 Å². The first kappa shape index (κ1) is 68.7. The van der Waals surface area contributed by atoms with Crippen molar-refractivity contribution in [2.24, 2.45) is 0 Å². The van der Waals surface area contributed by atoms with E-state index in [4.69, 9.17) is 13.8 Å². The molecule has 0 heterocycles. The number of unbranched alkanes of at least 4 members (excludes halogenated alkanes) is 29. The molecule has 0 aliphatic rings. The van der Waals surface area contributed by atoms with Crippen molar-refractivity contribution in [2.75, 3.05) is 40.9 Å². The molecule has 0 aromatic carbocycles. The third-order valence-electron chi connectivity index (χ3n) is 12.9. The lowest BCUT2D eigenvalue weighted by molar-refractivity contribution is -0.870. The van der Waals surface area contributed by atoms with Crippen LogP contribution in [0.15, 0.2) is 60.8 Å². The fourth-order valence-electron chi connectivity index (χ4n) is 8.29. The van der Waals surface area contributed by atoms with Gasteiger partial charge in [0.15, 0.2) is 0 Å². The molecule has 0 aromatic heterocycles. The van der Waals surface area contributed by atoms with E-state index in [2.05, 4.69) is 74.7 Å². The van der Waals surface area contributed by atoms with Gasteiger partial charge in [-0.2, -0.15) is 0 Å². The van der Waals surface area contributed by atoms with Gasteiger partial charge < -0.3 is 28.5 Å². The lowest BCUT2D eigenvalue weighted by atomic mass is 10.1. The molecule has 0 bridgehead atoms. The van der Waals surface area contributed by atoms with E-state index in [-0.39, 0.29) is 24.9 Å². The van der Waals surface area contributed by atoms with Gasteiger partial charge >= 0.3 is 5.97 Å². The number of nitrogens with zero attached hydrogens (tertiary/aromatic N) is 1. The molecular formula is C61H113N2O7P. The molecule has 3 atom stereocenters. The Morgan fingerprint density at radius 2 is 0.859 bits per heavy atom. The number of allylic oxidation sites excluding steroid dienone is 9. The first-order valence-corrected chi connectivity index (χ1v) is 31.1. The lowest BCUT2D eigenvalue weighted by Gasteiger charge is -2.30. The summed E-state index contributed by atoms with van der Waals surface area (Å²) >= 11 is 0. The zero-order chi connectivity index (χ0) is 52.2. The van der Waals surface area contributed by atoms with Crippen LogP contribution in [0, 0.1) is 0 Å². The van der Waals surface area contributed by atoms with Crippen molar-refractivity contribution in [3.05, 3.63) is 60.8 Å². The lowest BCUT2D eigenvalue weighted by Crippen LogP contribution is -2.47. The van der Waals surface area contributed by atoms with Gasteiger partial charge in [0.05, 0.1) is 33.8 Å². The Labute approximate surface area is 439 Å². The van der Waals surface area contributed by atoms with Crippen LogP contribution in [-0.4, -0.2) is 69.4 Å². The number of quaternary nitrogens is 1. The highest BCUT2D eigenvalue weighted by atomic mass is 31.2. The number of phosphoric ester groups is 1. The average Bonchev–Trinajstić information content (AvgIpc) is 3.33. The molecule has 0 aromatic rings. The maximum Gasteiger partial charge on any atom is 0.306 e. The van der Waals surface area contributed by atoms with Crippen LogP contribution in [0.3, 0.4) is 0 Å². The van der Waals surface area contributed by atoms with Crippen LogP contribution in [0.25, 0.3) is 0 Å². The van der Waals surface area contributed by atoms with Gasteiger partial charge in [0.1, 0.15) is 19.3 Å². The van der Waals surface area contributed by atoms with E-state index in [1.165, 1.54) is 135 Å². The second-order valence-electron chi connectivity index (χ2n) is 21.1. The molecule has 3 unspecified atom stereocenters.